The van der Waals surface area contributed by atoms with Gasteiger partial charge in [-0.3, -0.25) is 0 Å². The molecule has 1 aliphatic heterocycles. The molecule has 2 heteroatoms. The SMILES string of the molecule is CCCCCCCCCCCCC1(C(C)C)OCCCCO1. The Morgan fingerprint density at radius 3 is 1.64 bits per heavy atom. The second-order valence-electron chi connectivity index (χ2n) is 7.30. The van der Waals surface area contributed by atoms with Crippen LogP contribution in [0, 0.1) is 5.92 Å². The van der Waals surface area contributed by atoms with Crippen LogP contribution in [0.15, 0.2) is 0 Å². The first-order valence-corrected chi connectivity index (χ1v) is 9.99. The Kier molecular flexibility index (Phi) is 11.2. The molecule has 0 radical (unpaired) electrons. The molecule has 0 N–H and O–H groups in total. The molecule has 1 aliphatic rings. The van der Waals surface area contributed by atoms with Crippen LogP contribution in [0.25, 0.3) is 0 Å². The highest BCUT2D eigenvalue weighted by atomic mass is 16.7. The molecule has 0 aromatic rings. The predicted molar refractivity (Wildman–Crippen MR) is 95.2 cm³/mol. The summed E-state index contributed by atoms with van der Waals surface area (Å²) in [5.74, 6) is 0.153. The van der Waals surface area contributed by atoms with Crippen molar-refractivity contribution in [3.8, 4) is 0 Å². The van der Waals surface area contributed by atoms with Crippen LogP contribution in [-0.2, 0) is 9.47 Å². The molecule has 2 nitrogen and oxygen atoms in total. The van der Waals surface area contributed by atoms with Gasteiger partial charge in [-0.2, -0.15) is 0 Å². The van der Waals surface area contributed by atoms with Gasteiger partial charge in [0.05, 0.1) is 13.2 Å². The Hall–Kier alpha value is -0.0800. The average Bonchev–Trinajstić information content (AvgIpc) is 2.76. The molecule has 0 aliphatic carbocycles. The highest BCUT2D eigenvalue weighted by molar-refractivity contribution is 4.76. The van der Waals surface area contributed by atoms with E-state index in [1.54, 1.807) is 0 Å². The highest BCUT2D eigenvalue weighted by Crippen LogP contribution is 2.32. The second kappa shape index (κ2) is 12.4. The van der Waals surface area contributed by atoms with Gasteiger partial charge >= 0.3 is 0 Å². The lowest BCUT2D eigenvalue weighted by atomic mass is 9.95. The molecule has 0 aromatic carbocycles. The highest BCUT2D eigenvalue weighted by Gasteiger charge is 2.36. The van der Waals surface area contributed by atoms with Gasteiger partial charge in [0.2, 0.25) is 0 Å². The summed E-state index contributed by atoms with van der Waals surface area (Å²) in [5, 5.41) is 0. The fourth-order valence-corrected chi connectivity index (χ4v) is 3.36. The van der Waals surface area contributed by atoms with Gasteiger partial charge in [0.1, 0.15) is 0 Å². The van der Waals surface area contributed by atoms with Crippen LogP contribution in [0.2, 0.25) is 0 Å². The molecule has 132 valence electrons. The molecule has 0 bridgehead atoms. The molecule has 0 amide bonds. The number of hydrogen-bond donors (Lipinski definition) is 0. The Morgan fingerprint density at radius 2 is 1.18 bits per heavy atom. The van der Waals surface area contributed by atoms with E-state index in [2.05, 4.69) is 20.8 Å². The third-order valence-corrected chi connectivity index (χ3v) is 4.99. The van der Waals surface area contributed by atoms with Gasteiger partial charge in [-0.25, -0.2) is 0 Å². The van der Waals surface area contributed by atoms with Gasteiger partial charge in [0, 0.05) is 12.3 Å². The number of hydrogen-bond acceptors (Lipinski definition) is 2. The van der Waals surface area contributed by atoms with E-state index in [1.165, 1.54) is 64.2 Å². The summed E-state index contributed by atoms with van der Waals surface area (Å²) in [7, 11) is 0. The standard InChI is InChI=1S/C20H40O2/c1-4-5-6-7-8-9-10-11-12-13-16-20(19(2)3)21-17-14-15-18-22-20/h19H,4-18H2,1-3H3. The summed E-state index contributed by atoms with van der Waals surface area (Å²) >= 11 is 0. The van der Waals surface area contributed by atoms with Gasteiger partial charge < -0.3 is 9.47 Å². The third kappa shape index (κ3) is 7.97. The average molecular weight is 313 g/mol. The summed E-state index contributed by atoms with van der Waals surface area (Å²) in [6.45, 7) is 8.50. The second-order valence-corrected chi connectivity index (χ2v) is 7.30. The van der Waals surface area contributed by atoms with Crippen molar-refractivity contribution >= 4 is 0 Å². The van der Waals surface area contributed by atoms with Gasteiger partial charge in [-0.15, -0.1) is 0 Å². The van der Waals surface area contributed by atoms with E-state index in [4.69, 9.17) is 9.47 Å². The lowest BCUT2D eigenvalue weighted by Crippen LogP contribution is -2.40. The van der Waals surface area contributed by atoms with Crippen molar-refractivity contribution in [3.05, 3.63) is 0 Å². The van der Waals surface area contributed by atoms with Crippen LogP contribution < -0.4 is 0 Å². The van der Waals surface area contributed by atoms with Crippen molar-refractivity contribution in [1.82, 2.24) is 0 Å². The van der Waals surface area contributed by atoms with E-state index >= 15 is 0 Å². The zero-order chi connectivity index (χ0) is 16.1. The first-order chi connectivity index (χ1) is 10.7. The Morgan fingerprint density at radius 1 is 0.727 bits per heavy atom. The zero-order valence-corrected chi connectivity index (χ0v) is 15.5. The van der Waals surface area contributed by atoms with Crippen LogP contribution in [0.1, 0.15) is 104 Å². The van der Waals surface area contributed by atoms with Gasteiger partial charge in [0.15, 0.2) is 5.79 Å². The van der Waals surface area contributed by atoms with Crippen molar-refractivity contribution in [2.75, 3.05) is 13.2 Å². The third-order valence-electron chi connectivity index (χ3n) is 4.99. The van der Waals surface area contributed by atoms with Crippen LogP contribution in [0.3, 0.4) is 0 Å². The molecular formula is C20H40O2. The van der Waals surface area contributed by atoms with E-state index in [0.717, 1.165) is 32.5 Å². The topological polar surface area (TPSA) is 18.5 Å². The lowest BCUT2D eigenvalue weighted by molar-refractivity contribution is -0.255. The fraction of sp³-hybridized carbons (Fsp3) is 1.00. The fourth-order valence-electron chi connectivity index (χ4n) is 3.36. The van der Waals surface area contributed by atoms with Crippen LogP contribution in [0.5, 0.6) is 0 Å². The monoisotopic (exact) mass is 312 g/mol. The first-order valence-electron chi connectivity index (χ1n) is 9.99. The number of ether oxygens (including phenoxy) is 2. The molecule has 22 heavy (non-hydrogen) atoms. The van der Waals surface area contributed by atoms with Crippen LogP contribution in [0.4, 0.5) is 0 Å². The van der Waals surface area contributed by atoms with Crippen molar-refractivity contribution in [3.63, 3.8) is 0 Å². The molecule has 0 saturated carbocycles. The maximum absolute atomic E-state index is 6.11. The summed E-state index contributed by atoms with van der Waals surface area (Å²) in [6, 6.07) is 0. The van der Waals surface area contributed by atoms with Crippen molar-refractivity contribution in [2.45, 2.75) is 110 Å². The Labute approximate surface area is 139 Å². The molecule has 0 spiro atoms. The predicted octanol–water partition coefficient (Wildman–Crippen LogP) is 6.48. The van der Waals surface area contributed by atoms with Gasteiger partial charge in [-0.05, 0) is 19.3 Å². The number of rotatable bonds is 12. The normalized spacial score (nSPS) is 18.5. The van der Waals surface area contributed by atoms with Gasteiger partial charge in [-0.1, -0.05) is 78.6 Å². The van der Waals surface area contributed by atoms with Crippen molar-refractivity contribution in [2.24, 2.45) is 5.92 Å². The minimum absolute atomic E-state index is 0.295. The van der Waals surface area contributed by atoms with E-state index in [-0.39, 0.29) is 5.79 Å². The minimum atomic E-state index is -0.295. The van der Waals surface area contributed by atoms with E-state index < -0.39 is 0 Å². The lowest BCUT2D eigenvalue weighted by Gasteiger charge is -2.36. The summed E-state index contributed by atoms with van der Waals surface area (Å²) in [5.41, 5.74) is 0. The van der Waals surface area contributed by atoms with Crippen LogP contribution in [-0.4, -0.2) is 19.0 Å². The molecule has 1 rings (SSSR count). The maximum Gasteiger partial charge on any atom is 0.170 e. The largest absolute Gasteiger partial charge is 0.350 e. The smallest absolute Gasteiger partial charge is 0.170 e. The molecule has 1 fully saturated rings. The maximum atomic E-state index is 6.11. The zero-order valence-electron chi connectivity index (χ0n) is 15.5. The first kappa shape index (κ1) is 20.0. The summed E-state index contributed by atoms with van der Waals surface area (Å²) < 4.78 is 12.2. The van der Waals surface area contributed by atoms with Crippen molar-refractivity contribution in [1.29, 1.82) is 0 Å². The van der Waals surface area contributed by atoms with Gasteiger partial charge in [0.25, 0.3) is 0 Å². The van der Waals surface area contributed by atoms with E-state index in [1.807, 2.05) is 0 Å². The minimum Gasteiger partial charge on any atom is -0.350 e. The molecule has 0 unspecified atom stereocenters. The molecule has 1 heterocycles. The summed E-state index contributed by atoms with van der Waals surface area (Å²) in [4.78, 5) is 0. The molecule has 0 aromatic heterocycles. The summed E-state index contributed by atoms with van der Waals surface area (Å²) in [6.07, 6.45) is 17.2. The van der Waals surface area contributed by atoms with E-state index in [9.17, 15) is 0 Å². The van der Waals surface area contributed by atoms with E-state index in [0.29, 0.717) is 5.92 Å². The molecular weight excluding hydrogens is 272 g/mol. The Balaban J connectivity index is 2.06. The molecule has 0 atom stereocenters. The Bertz CT molecular complexity index is 242. The quantitative estimate of drug-likeness (QED) is 0.384. The number of unbranched alkanes of at least 4 members (excludes halogenated alkanes) is 9. The molecule has 1 saturated heterocycles. The van der Waals surface area contributed by atoms with Crippen LogP contribution >= 0.6 is 0 Å². The van der Waals surface area contributed by atoms with Crippen molar-refractivity contribution < 1.29 is 9.47 Å².